The zero-order valence-electron chi connectivity index (χ0n) is 17.5. The molecular formula is C23H25FN4O2S2. The number of rotatable bonds is 7. The van der Waals surface area contributed by atoms with Crippen molar-refractivity contribution >= 4 is 27.0 Å². The normalized spacial score (nSPS) is 20.4. The summed E-state index contributed by atoms with van der Waals surface area (Å²) in [6, 6.07) is 13.2. The average Bonchev–Trinajstić information content (AvgIpc) is 3.15. The first-order valence-electron chi connectivity index (χ1n) is 10.6. The number of halogens is 1. The third kappa shape index (κ3) is 4.17. The Kier molecular flexibility index (Phi) is 5.53. The van der Waals surface area contributed by atoms with E-state index in [-0.39, 0.29) is 6.04 Å². The highest BCUT2D eigenvalue weighted by Crippen LogP contribution is 2.56. The monoisotopic (exact) mass is 472 g/mol. The molecule has 168 valence electrons. The van der Waals surface area contributed by atoms with Gasteiger partial charge in [0.25, 0.3) is 0 Å². The Morgan fingerprint density at radius 3 is 2.69 bits per heavy atom. The predicted molar refractivity (Wildman–Crippen MR) is 124 cm³/mol. The summed E-state index contributed by atoms with van der Waals surface area (Å²) in [5, 5.41) is 10.8. The van der Waals surface area contributed by atoms with Crippen LogP contribution in [0.5, 0.6) is 0 Å². The van der Waals surface area contributed by atoms with Gasteiger partial charge in [-0.25, -0.2) is 22.9 Å². The highest BCUT2D eigenvalue weighted by molar-refractivity contribution is 7.89. The van der Waals surface area contributed by atoms with Crippen molar-refractivity contribution in [2.75, 3.05) is 18.4 Å². The fourth-order valence-corrected chi connectivity index (χ4v) is 5.94. The number of likely N-dealkylation sites (tertiary alicyclic amines) is 1. The fourth-order valence-electron chi connectivity index (χ4n) is 4.68. The van der Waals surface area contributed by atoms with Crippen LogP contribution in [0, 0.1) is 5.82 Å². The minimum Gasteiger partial charge on any atom is -0.381 e. The maximum atomic E-state index is 14.8. The van der Waals surface area contributed by atoms with Crippen LogP contribution in [0.2, 0.25) is 0 Å². The second-order valence-electron chi connectivity index (χ2n) is 8.68. The Morgan fingerprint density at radius 2 is 2.03 bits per heavy atom. The SMILES string of the molecule is NS(=O)(=O)c1cc(C2(c3cscn3)CC2)c(N[C@H]2CCN(Cc3ccccc3)C2)cc1F. The standard InChI is InChI=1S/C23H25FN4O2S2/c24-19-11-20(27-17-6-9-28(13-17)12-16-4-2-1-3-5-16)18(10-21(19)32(25,29)30)23(7-8-23)22-14-31-15-26-22/h1-5,10-11,14-15,17,27H,6-9,12-13H2,(H2,25,29,30)/t17-/m0/s1. The van der Waals surface area contributed by atoms with Crippen LogP contribution >= 0.6 is 11.3 Å². The van der Waals surface area contributed by atoms with Crippen LogP contribution in [0.4, 0.5) is 10.1 Å². The van der Waals surface area contributed by atoms with Gasteiger partial charge in [-0.2, -0.15) is 0 Å². The van der Waals surface area contributed by atoms with Gasteiger partial charge in [0.05, 0.1) is 11.2 Å². The highest BCUT2D eigenvalue weighted by Gasteiger charge is 2.49. The molecule has 0 radical (unpaired) electrons. The summed E-state index contributed by atoms with van der Waals surface area (Å²) < 4.78 is 38.8. The zero-order chi connectivity index (χ0) is 22.3. The number of thiazole rings is 1. The number of nitrogens with zero attached hydrogens (tertiary/aromatic N) is 2. The molecule has 9 heteroatoms. The lowest BCUT2D eigenvalue weighted by molar-refractivity contribution is 0.328. The van der Waals surface area contributed by atoms with Crippen LogP contribution in [0.1, 0.15) is 36.1 Å². The van der Waals surface area contributed by atoms with E-state index in [9.17, 15) is 12.8 Å². The number of sulfonamides is 1. The molecular weight excluding hydrogens is 447 g/mol. The molecule has 3 N–H and O–H groups in total. The van der Waals surface area contributed by atoms with Gasteiger partial charge in [0.15, 0.2) is 0 Å². The first-order chi connectivity index (χ1) is 15.3. The molecule has 32 heavy (non-hydrogen) atoms. The fraction of sp³-hybridized carbons (Fsp3) is 0.348. The maximum absolute atomic E-state index is 14.8. The van der Waals surface area contributed by atoms with Crippen LogP contribution in [0.3, 0.4) is 0 Å². The molecule has 0 unspecified atom stereocenters. The van der Waals surface area contributed by atoms with E-state index < -0.39 is 26.2 Å². The molecule has 6 nitrogen and oxygen atoms in total. The Morgan fingerprint density at radius 1 is 1.25 bits per heavy atom. The number of hydrogen-bond acceptors (Lipinski definition) is 6. The molecule has 0 amide bonds. The Bertz CT molecular complexity index is 1210. The minimum atomic E-state index is -4.17. The highest BCUT2D eigenvalue weighted by atomic mass is 32.2. The minimum absolute atomic E-state index is 0.142. The second-order valence-corrected chi connectivity index (χ2v) is 10.9. The number of nitrogens with two attached hydrogens (primary N) is 1. The van der Waals surface area contributed by atoms with Crippen molar-refractivity contribution in [1.82, 2.24) is 9.88 Å². The summed E-state index contributed by atoms with van der Waals surface area (Å²) in [6.07, 6.45) is 2.60. The third-order valence-electron chi connectivity index (χ3n) is 6.45. The molecule has 0 spiro atoms. The molecule has 2 fully saturated rings. The first-order valence-corrected chi connectivity index (χ1v) is 13.1. The number of benzene rings is 2. The number of aromatic nitrogens is 1. The van der Waals surface area contributed by atoms with Crippen molar-refractivity contribution in [1.29, 1.82) is 0 Å². The van der Waals surface area contributed by atoms with Gasteiger partial charge in [-0.05, 0) is 42.5 Å². The Hall–Kier alpha value is -2.33. The molecule has 1 atom stereocenters. The van der Waals surface area contributed by atoms with Gasteiger partial charge in [0.1, 0.15) is 10.7 Å². The van der Waals surface area contributed by atoms with Crippen LogP contribution in [0.15, 0.2) is 58.3 Å². The van der Waals surface area contributed by atoms with Crippen molar-refractivity contribution in [2.24, 2.45) is 5.14 Å². The van der Waals surface area contributed by atoms with Crippen molar-refractivity contribution in [3.63, 3.8) is 0 Å². The molecule has 5 rings (SSSR count). The molecule has 1 saturated heterocycles. The Balaban J connectivity index is 1.43. The maximum Gasteiger partial charge on any atom is 0.240 e. The number of nitrogens with one attached hydrogen (secondary N) is 1. The first kappa shape index (κ1) is 21.5. The van der Waals surface area contributed by atoms with Crippen LogP contribution < -0.4 is 10.5 Å². The molecule has 1 aliphatic carbocycles. The molecule has 3 aromatic rings. The predicted octanol–water partition coefficient (Wildman–Crippen LogP) is 3.70. The topological polar surface area (TPSA) is 88.3 Å². The smallest absolute Gasteiger partial charge is 0.240 e. The van der Waals surface area contributed by atoms with Crippen LogP contribution in [-0.4, -0.2) is 37.4 Å². The Labute approximate surface area is 191 Å². The lowest BCUT2D eigenvalue weighted by atomic mass is 9.91. The number of hydrogen-bond donors (Lipinski definition) is 2. The second kappa shape index (κ2) is 8.22. The summed E-state index contributed by atoms with van der Waals surface area (Å²) in [5.74, 6) is -0.827. The quantitative estimate of drug-likeness (QED) is 0.548. The lowest BCUT2D eigenvalue weighted by Gasteiger charge is -2.23. The summed E-state index contributed by atoms with van der Waals surface area (Å²) in [6.45, 7) is 2.64. The largest absolute Gasteiger partial charge is 0.381 e. The molecule has 2 aliphatic rings. The van der Waals surface area contributed by atoms with Crippen molar-refractivity contribution in [2.45, 2.75) is 42.2 Å². The van der Waals surface area contributed by atoms with Crippen LogP contribution in [-0.2, 0) is 22.0 Å². The van der Waals surface area contributed by atoms with Gasteiger partial charge in [-0.15, -0.1) is 11.3 Å². The summed E-state index contributed by atoms with van der Waals surface area (Å²) >= 11 is 1.50. The van der Waals surface area contributed by atoms with E-state index in [0.717, 1.165) is 50.2 Å². The summed E-state index contributed by atoms with van der Waals surface area (Å²) in [4.78, 5) is 6.39. The van der Waals surface area contributed by atoms with E-state index in [1.54, 1.807) is 5.51 Å². The molecule has 2 heterocycles. The third-order valence-corrected chi connectivity index (χ3v) is 7.96. The summed E-state index contributed by atoms with van der Waals surface area (Å²) in [5.41, 5.74) is 4.93. The van der Waals surface area contributed by atoms with Gasteiger partial charge in [0, 0.05) is 42.2 Å². The summed E-state index contributed by atoms with van der Waals surface area (Å²) in [7, 11) is -4.17. The molecule has 1 aliphatic heterocycles. The van der Waals surface area contributed by atoms with E-state index in [0.29, 0.717) is 5.69 Å². The van der Waals surface area contributed by atoms with Gasteiger partial charge in [0.2, 0.25) is 10.0 Å². The van der Waals surface area contributed by atoms with Gasteiger partial charge < -0.3 is 5.32 Å². The van der Waals surface area contributed by atoms with E-state index in [4.69, 9.17) is 5.14 Å². The van der Waals surface area contributed by atoms with Crippen molar-refractivity contribution in [3.05, 3.63) is 76.0 Å². The van der Waals surface area contributed by atoms with Crippen LogP contribution in [0.25, 0.3) is 0 Å². The lowest BCUT2D eigenvalue weighted by Crippen LogP contribution is -2.27. The van der Waals surface area contributed by atoms with E-state index in [1.807, 2.05) is 23.6 Å². The van der Waals surface area contributed by atoms with Gasteiger partial charge in [-0.1, -0.05) is 30.3 Å². The molecule has 2 aromatic carbocycles. The number of anilines is 1. The average molecular weight is 473 g/mol. The number of primary sulfonamides is 1. The van der Waals surface area contributed by atoms with Gasteiger partial charge >= 0.3 is 0 Å². The zero-order valence-corrected chi connectivity index (χ0v) is 19.1. The van der Waals surface area contributed by atoms with E-state index in [1.165, 1.54) is 29.0 Å². The van der Waals surface area contributed by atoms with E-state index in [2.05, 4.69) is 27.3 Å². The van der Waals surface area contributed by atoms with E-state index >= 15 is 0 Å². The molecule has 1 saturated carbocycles. The van der Waals surface area contributed by atoms with Crippen molar-refractivity contribution in [3.8, 4) is 0 Å². The molecule has 1 aromatic heterocycles. The molecule has 0 bridgehead atoms. The van der Waals surface area contributed by atoms with Crippen molar-refractivity contribution < 1.29 is 12.8 Å². The van der Waals surface area contributed by atoms with Gasteiger partial charge in [-0.3, -0.25) is 4.90 Å².